The monoisotopic (exact) mass is 426 g/mol. The Labute approximate surface area is 183 Å². The smallest absolute Gasteiger partial charge is 0.338 e. The van der Waals surface area contributed by atoms with Gasteiger partial charge >= 0.3 is 11.9 Å². The van der Waals surface area contributed by atoms with Crippen LogP contribution in [0.1, 0.15) is 58.0 Å². The maximum atomic E-state index is 12.6. The predicted octanol–water partition coefficient (Wildman–Crippen LogP) is 4.62. The quantitative estimate of drug-likeness (QED) is 0.430. The highest BCUT2D eigenvalue weighted by Gasteiger charge is 2.39. The fraction of sp³-hybridized carbons (Fsp3) is 0.440. The van der Waals surface area contributed by atoms with Crippen molar-refractivity contribution in [2.75, 3.05) is 13.2 Å². The molecule has 6 nitrogen and oxygen atoms in total. The van der Waals surface area contributed by atoms with E-state index in [0.29, 0.717) is 24.2 Å². The number of unbranched alkanes of at least 4 members (excludes halogenated alkanes) is 1. The van der Waals surface area contributed by atoms with Gasteiger partial charge < -0.3 is 18.9 Å². The average Bonchev–Trinajstić information content (AvgIpc) is 3.14. The van der Waals surface area contributed by atoms with E-state index in [4.69, 9.17) is 18.9 Å². The van der Waals surface area contributed by atoms with Crippen molar-refractivity contribution in [2.24, 2.45) is 0 Å². The van der Waals surface area contributed by atoms with E-state index in [-0.39, 0.29) is 6.61 Å². The minimum absolute atomic E-state index is 0.0216. The third kappa shape index (κ3) is 6.64. The van der Waals surface area contributed by atoms with Gasteiger partial charge in [-0.25, -0.2) is 9.59 Å². The van der Waals surface area contributed by atoms with Gasteiger partial charge in [0.2, 0.25) is 0 Å². The van der Waals surface area contributed by atoms with Crippen LogP contribution in [0.3, 0.4) is 0 Å². The third-order valence-electron chi connectivity index (χ3n) is 5.18. The van der Waals surface area contributed by atoms with Crippen LogP contribution in [0.15, 0.2) is 48.5 Å². The molecule has 0 amide bonds. The summed E-state index contributed by atoms with van der Waals surface area (Å²) in [6.07, 6.45) is 0.678. The lowest BCUT2D eigenvalue weighted by Gasteiger charge is -2.19. The molecule has 3 rings (SSSR count). The molecule has 0 N–H and O–H groups in total. The predicted molar refractivity (Wildman–Crippen MR) is 116 cm³/mol. The Hall–Kier alpha value is -2.70. The van der Waals surface area contributed by atoms with E-state index in [9.17, 15) is 9.59 Å². The van der Waals surface area contributed by atoms with E-state index in [1.165, 1.54) is 0 Å². The lowest BCUT2D eigenvalue weighted by Crippen LogP contribution is -2.32. The molecule has 1 fully saturated rings. The summed E-state index contributed by atoms with van der Waals surface area (Å²) < 4.78 is 22.8. The van der Waals surface area contributed by atoms with Crippen molar-refractivity contribution in [2.45, 2.75) is 58.5 Å². The summed E-state index contributed by atoms with van der Waals surface area (Å²) in [4.78, 5) is 25.0. The van der Waals surface area contributed by atoms with Gasteiger partial charge in [0, 0.05) is 13.0 Å². The van der Waals surface area contributed by atoms with E-state index >= 15 is 0 Å². The van der Waals surface area contributed by atoms with Gasteiger partial charge in [0.15, 0.2) is 6.29 Å². The zero-order valence-corrected chi connectivity index (χ0v) is 18.3. The molecular formula is C25H30O6. The number of hydrogen-bond donors (Lipinski definition) is 0. The van der Waals surface area contributed by atoms with Gasteiger partial charge in [-0.3, -0.25) is 0 Å². The third-order valence-corrected chi connectivity index (χ3v) is 5.18. The largest absolute Gasteiger partial charge is 0.459 e. The average molecular weight is 427 g/mol. The highest BCUT2D eigenvalue weighted by molar-refractivity contribution is 5.90. The van der Waals surface area contributed by atoms with Crippen molar-refractivity contribution in [1.82, 2.24) is 0 Å². The second-order valence-electron chi connectivity index (χ2n) is 7.84. The van der Waals surface area contributed by atoms with Crippen molar-refractivity contribution in [3.63, 3.8) is 0 Å². The molecular weight excluding hydrogens is 396 g/mol. The summed E-state index contributed by atoms with van der Waals surface area (Å²) in [5, 5.41) is 0. The van der Waals surface area contributed by atoms with Crippen molar-refractivity contribution >= 4 is 11.9 Å². The fourth-order valence-corrected chi connectivity index (χ4v) is 3.24. The molecule has 0 aliphatic carbocycles. The Morgan fingerprint density at radius 2 is 1.52 bits per heavy atom. The fourth-order valence-electron chi connectivity index (χ4n) is 3.24. The molecule has 2 aromatic rings. The molecule has 1 saturated heterocycles. The zero-order valence-electron chi connectivity index (χ0n) is 18.3. The number of hydrogen-bond acceptors (Lipinski definition) is 6. The van der Waals surface area contributed by atoms with Crippen LogP contribution in [0.2, 0.25) is 0 Å². The summed E-state index contributed by atoms with van der Waals surface area (Å²) in [6, 6.07) is 14.3. The lowest BCUT2D eigenvalue weighted by atomic mass is 10.1. The first-order valence-electron chi connectivity index (χ1n) is 10.7. The Kier molecular flexibility index (Phi) is 8.20. The molecule has 0 radical (unpaired) electrons. The molecule has 3 atom stereocenters. The molecule has 0 bridgehead atoms. The first-order chi connectivity index (χ1) is 15.0. The van der Waals surface area contributed by atoms with Gasteiger partial charge in [-0.05, 0) is 44.5 Å². The second kappa shape index (κ2) is 11.1. The van der Waals surface area contributed by atoms with Crippen LogP contribution in [0.25, 0.3) is 0 Å². The molecule has 1 unspecified atom stereocenters. The normalized spacial score (nSPS) is 20.4. The standard InChI is InChI=1S/C25H30O6/c1-4-5-14-28-23-15-21(31-25(27)20-12-8-18(3)9-13-20)22(30-23)16-29-24(26)19-10-6-17(2)7-11-19/h6-13,21-23H,4-5,14-16H2,1-3H3/t21?,22-,23+/m1/s1. The highest BCUT2D eigenvalue weighted by Crippen LogP contribution is 2.26. The molecule has 0 aromatic heterocycles. The SMILES string of the molecule is CCCCO[C@@H]1CC(OC(=O)c2ccc(C)cc2)[C@@H](COC(=O)c2ccc(C)cc2)O1. The van der Waals surface area contributed by atoms with Crippen LogP contribution in [-0.2, 0) is 18.9 Å². The van der Waals surface area contributed by atoms with Gasteiger partial charge in [0.25, 0.3) is 0 Å². The summed E-state index contributed by atoms with van der Waals surface area (Å²) in [5.41, 5.74) is 3.06. The van der Waals surface area contributed by atoms with E-state index < -0.39 is 30.4 Å². The van der Waals surface area contributed by atoms with Crippen molar-refractivity contribution in [1.29, 1.82) is 0 Å². The lowest BCUT2D eigenvalue weighted by molar-refractivity contribution is -0.144. The maximum absolute atomic E-state index is 12.6. The van der Waals surface area contributed by atoms with Crippen LogP contribution < -0.4 is 0 Å². The van der Waals surface area contributed by atoms with Crippen LogP contribution >= 0.6 is 0 Å². The van der Waals surface area contributed by atoms with Crippen LogP contribution in [-0.4, -0.2) is 43.7 Å². The number of rotatable bonds is 9. The van der Waals surface area contributed by atoms with Crippen molar-refractivity contribution < 1.29 is 28.5 Å². The number of carbonyl (C=O) groups excluding carboxylic acids is 2. The first-order valence-corrected chi connectivity index (χ1v) is 10.7. The molecule has 6 heteroatoms. The molecule has 1 heterocycles. The summed E-state index contributed by atoms with van der Waals surface area (Å²) in [6.45, 7) is 6.53. The van der Waals surface area contributed by atoms with Gasteiger partial charge in [-0.2, -0.15) is 0 Å². The van der Waals surface area contributed by atoms with Gasteiger partial charge in [-0.1, -0.05) is 48.7 Å². The molecule has 2 aromatic carbocycles. The molecule has 1 aliphatic rings. The number of aryl methyl sites for hydroxylation is 2. The molecule has 0 spiro atoms. The first kappa shape index (κ1) is 23.0. The van der Waals surface area contributed by atoms with Crippen molar-refractivity contribution in [3.8, 4) is 0 Å². The molecule has 166 valence electrons. The van der Waals surface area contributed by atoms with Gasteiger partial charge in [-0.15, -0.1) is 0 Å². The summed E-state index contributed by atoms with van der Waals surface area (Å²) in [7, 11) is 0. The highest BCUT2D eigenvalue weighted by atomic mass is 16.7. The Morgan fingerprint density at radius 3 is 2.10 bits per heavy atom. The van der Waals surface area contributed by atoms with Crippen LogP contribution in [0.5, 0.6) is 0 Å². The summed E-state index contributed by atoms with van der Waals surface area (Å²) in [5.74, 6) is -0.875. The van der Waals surface area contributed by atoms with Crippen LogP contribution in [0.4, 0.5) is 0 Å². The number of benzene rings is 2. The summed E-state index contributed by atoms with van der Waals surface area (Å²) >= 11 is 0. The van der Waals surface area contributed by atoms with Gasteiger partial charge in [0.05, 0.1) is 11.1 Å². The minimum Gasteiger partial charge on any atom is -0.459 e. The number of esters is 2. The van der Waals surface area contributed by atoms with Gasteiger partial charge in [0.1, 0.15) is 18.8 Å². The Morgan fingerprint density at radius 1 is 0.935 bits per heavy atom. The van der Waals surface area contributed by atoms with E-state index in [1.54, 1.807) is 24.3 Å². The maximum Gasteiger partial charge on any atom is 0.338 e. The topological polar surface area (TPSA) is 71.1 Å². The minimum atomic E-state index is -0.588. The van der Waals surface area contributed by atoms with Crippen molar-refractivity contribution in [3.05, 3.63) is 70.8 Å². The number of carbonyl (C=O) groups is 2. The van der Waals surface area contributed by atoms with E-state index in [1.807, 2.05) is 38.1 Å². The van der Waals surface area contributed by atoms with E-state index in [2.05, 4.69) is 6.92 Å². The molecule has 0 saturated carbocycles. The molecule has 1 aliphatic heterocycles. The Bertz CT molecular complexity index is 859. The zero-order chi connectivity index (χ0) is 22.2. The second-order valence-corrected chi connectivity index (χ2v) is 7.84. The van der Waals surface area contributed by atoms with Crippen LogP contribution in [0, 0.1) is 13.8 Å². The number of ether oxygens (including phenoxy) is 4. The molecule has 31 heavy (non-hydrogen) atoms. The van der Waals surface area contributed by atoms with E-state index in [0.717, 1.165) is 24.0 Å². The Balaban J connectivity index is 1.62.